The summed E-state index contributed by atoms with van der Waals surface area (Å²) in [7, 11) is 0. The Morgan fingerprint density at radius 3 is 2.91 bits per heavy atom. The molecule has 116 valence electrons. The summed E-state index contributed by atoms with van der Waals surface area (Å²) >= 11 is 0. The van der Waals surface area contributed by atoms with Gasteiger partial charge in [0.05, 0.1) is 29.2 Å². The lowest BCUT2D eigenvalue weighted by Crippen LogP contribution is -2.09. The van der Waals surface area contributed by atoms with Gasteiger partial charge in [0.1, 0.15) is 0 Å². The van der Waals surface area contributed by atoms with Crippen LogP contribution in [0.2, 0.25) is 0 Å². The first kappa shape index (κ1) is 14.6. The number of hydrogen-bond donors (Lipinski definition) is 2. The lowest BCUT2D eigenvalue weighted by molar-refractivity contribution is 0.0697. The molecule has 22 heavy (non-hydrogen) atoms. The minimum Gasteiger partial charge on any atom is -0.478 e. The summed E-state index contributed by atoms with van der Waals surface area (Å²) < 4.78 is 2.13. The van der Waals surface area contributed by atoms with Crippen molar-refractivity contribution in [1.82, 2.24) is 9.78 Å². The molecule has 0 radical (unpaired) electrons. The van der Waals surface area contributed by atoms with E-state index < -0.39 is 5.97 Å². The van der Waals surface area contributed by atoms with Gasteiger partial charge in [-0.2, -0.15) is 5.10 Å². The van der Waals surface area contributed by atoms with E-state index in [1.807, 2.05) is 12.3 Å². The second kappa shape index (κ2) is 6.22. The third-order valence-electron chi connectivity index (χ3n) is 4.37. The van der Waals surface area contributed by atoms with Gasteiger partial charge < -0.3 is 10.4 Å². The number of nitrogens with zero attached hydrogens (tertiary/aromatic N) is 2. The SMILES string of the molecule is Cc1c(NCc2cccc(C(=O)O)c2)cnn1C1CCCC1. The molecule has 0 amide bonds. The monoisotopic (exact) mass is 299 g/mol. The summed E-state index contributed by atoms with van der Waals surface area (Å²) in [6, 6.07) is 7.54. The van der Waals surface area contributed by atoms with E-state index in [0.717, 1.165) is 16.9 Å². The highest BCUT2D eigenvalue weighted by Crippen LogP contribution is 2.31. The highest BCUT2D eigenvalue weighted by molar-refractivity contribution is 5.87. The molecule has 2 aromatic rings. The molecule has 0 bridgehead atoms. The molecule has 2 N–H and O–H groups in total. The molecule has 0 aliphatic heterocycles. The van der Waals surface area contributed by atoms with Crippen molar-refractivity contribution in [2.24, 2.45) is 0 Å². The molecule has 1 saturated carbocycles. The highest BCUT2D eigenvalue weighted by atomic mass is 16.4. The number of rotatable bonds is 5. The molecule has 0 atom stereocenters. The molecule has 5 heteroatoms. The van der Waals surface area contributed by atoms with E-state index >= 15 is 0 Å². The van der Waals surface area contributed by atoms with Crippen LogP contribution in [0.3, 0.4) is 0 Å². The van der Waals surface area contributed by atoms with Crippen LogP contribution in [0.4, 0.5) is 5.69 Å². The number of anilines is 1. The van der Waals surface area contributed by atoms with Crippen molar-refractivity contribution >= 4 is 11.7 Å². The van der Waals surface area contributed by atoms with Crippen LogP contribution in [-0.4, -0.2) is 20.9 Å². The van der Waals surface area contributed by atoms with Crippen LogP contribution in [0.1, 0.15) is 53.3 Å². The van der Waals surface area contributed by atoms with Gasteiger partial charge in [0.25, 0.3) is 0 Å². The number of hydrogen-bond acceptors (Lipinski definition) is 3. The Morgan fingerprint density at radius 2 is 2.18 bits per heavy atom. The zero-order chi connectivity index (χ0) is 15.5. The third-order valence-corrected chi connectivity index (χ3v) is 4.37. The average Bonchev–Trinajstić information content (AvgIpc) is 3.15. The zero-order valence-electron chi connectivity index (χ0n) is 12.7. The van der Waals surface area contributed by atoms with Crippen molar-refractivity contribution in [1.29, 1.82) is 0 Å². The molecule has 1 aliphatic rings. The Labute approximate surface area is 130 Å². The molecule has 1 heterocycles. The first-order valence-electron chi connectivity index (χ1n) is 7.75. The van der Waals surface area contributed by atoms with Gasteiger partial charge in [-0.05, 0) is 37.5 Å². The van der Waals surface area contributed by atoms with Gasteiger partial charge >= 0.3 is 5.97 Å². The number of aromatic nitrogens is 2. The highest BCUT2D eigenvalue weighted by Gasteiger charge is 2.20. The first-order valence-corrected chi connectivity index (χ1v) is 7.75. The molecule has 0 spiro atoms. The van der Waals surface area contributed by atoms with Crippen LogP contribution in [0.5, 0.6) is 0 Å². The summed E-state index contributed by atoms with van der Waals surface area (Å²) in [4.78, 5) is 11.0. The standard InChI is InChI=1S/C17H21N3O2/c1-12-16(11-19-20(12)15-7-2-3-8-15)18-10-13-5-4-6-14(9-13)17(21)22/h4-6,9,11,15,18H,2-3,7-8,10H2,1H3,(H,21,22). The molecule has 0 unspecified atom stereocenters. The summed E-state index contributed by atoms with van der Waals surface area (Å²) in [5.41, 5.74) is 3.44. The van der Waals surface area contributed by atoms with E-state index in [2.05, 4.69) is 22.0 Å². The fourth-order valence-electron chi connectivity index (χ4n) is 3.13. The van der Waals surface area contributed by atoms with Gasteiger partial charge in [-0.1, -0.05) is 25.0 Å². The topological polar surface area (TPSA) is 67.2 Å². The number of aromatic carboxylic acids is 1. The summed E-state index contributed by atoms with van der Waals surface area (Å²) in [6.07, 6.45) is 6.86. The van der Waals surface area contributed by atoms with Gasteiger partial charge in [-0.15, -0.1) is 0 Å². The van der Waals surface area contributed by atoms with Crippen LogP contribution in [0.15, 0.2) is 30.5 Å². The smallest absolute Gasteiger partial charge is 0.335 e. The Balaban J connectivity index is 1.69. The molecular weight excluding hydrogens is 278 g/mol. The predicted octanol–water partition coefficient (Wildman–Crippen LogP) is 3.62. The minimum atomic E-state index is -0.896. The third kappa shape index (κ3) is 2.98. The van der Waals surface area contributed by atoms with Crippen molar-refractivity contribution in [3.05, 3.63) is 47.3 Å². The summed E-state index contributed by atoms with van der Waals surface area (Å²) in [5, 5.41) is 16.9. The van der Waals surface area contributed by atoms with Crippen molar-refractivity contribution in [2.75, 3.05) is 5.32 Å². The van der Waals surface area contributed by atoms with E-state index in [-0.39, 0.29) is 0 Å². The van der Waals surface area contributed by atoms with Gasteiger partial charge in [-0.3, -0.25) is 4.68 Å². The number of carboxylic acids is 1. The molecule has 1 aliphatic carbocycles. The quantitative estimate of drug-likeness (QED) is 0.885. The van der Waals surface area contributed by atoms with E-state index in [4.69, 9.17) is 5.11 Å². The predicted molar refractivity (Wildman–Crippen MR) is 85.2 cm³/mol. The van der Waals surface area contributed by atoms with E-state index in [1.54, 1.807) is 18.2 Å². The molecule has 1 aromatic carbocycles. The minimum absolute atomic E-state index is 0.317. The Bertz CT molecular complexity index is 672. The lowest BCUT2D eigenvalue weighted by atomic mass is 10.1. The number of benzene rings is 1. The summed E-state index contributed by atoms with van der Waals surface area (Å²) in [6.45, 7) is 2.68. The zero-order valence-corrected chi connectivity index (χ0v) is 12.7. The second-order valence-electron chi connectivity index (χ2n) is 5.89. The van der Waals surface area contributed by atoms with E-state index in [0.29, 0.717) is 18.2 Å². The van der Waals surface area contributed by atoms with Crippen LogP contribution in [0.25, 0.3) is 0 Å². The fourth-order valence-corrected chi connectivity index (χ4v) is 3.13. The van der Waals surface area contributed by atoms with Crippen molar-refractivity contribution < 1.29 is 9.90 Å². The molecule has 0 saturated heterocycles. The molecule has 1 aromatic heterocycles. The molecule has 3 rings (SSSR count). The Morgan fingerprint density at radius 1 is 1.41 bits per heavy atom. The van der Waals surface area contributed by atoms with E-state index in [9.17, 15) is 4.79 Å². The first-order chi connectivity index (χ1) is 10.6. The maximum Gasteiger partial charge on any atom is 0.335 e. The average molecular weight is 299 g/mol. The van der Waals surface area contributed by atoms with Crippen LogP contribution < -0.4 is 5.32 Å². The van der Waals surface area contributed by atoms with Crippen LogP contribution in [0, 0.1) is 6.92 Å². The molecule has 5 nitrogen and oxygen atoms in total. The van der Waals surface area contributed by atoms with Crippen molar-refractivity contribution in [2.45, 2.75) is 45.2 Å². The van der Waals surface area contributed by atoms with Crippen LogP contribution >= 0.6 is 0 Å². The number of carbonyl (C=O) groups is 1. The van der Waals surface area contributed by atoms with Gasteiger partial charge in [0, 0.05) is 6.54 Å². The normalized spacial score (nSPS) is 15.1. The van der Waals surface area contributed by atoms with Crippen LogP contribution in [-0.2, 0) is 6.54 Å². The second-order valence-corrected chi connectivity index (χ2v) is 5.89. The Hall–Kier alpha value is -2.30. The molecular formula is C17H21N3O2. The van der Waals surface area contributed by atoms with Gasteiger partial charge in [0.15, 0.2) is 0 Å². The fraction of sp³-hybridized carbons (Fsp3) is 0.412. The van der Waals surface area contributed by atoms with Crippen molar-refractivity contribution in [3.8, 4) is 0 Å². The summed E-state index contributed by atoms with van der Waals surface area (Å²) in [5.74, 6) is -0.896. The van der Waals surface area contributed by atoms with E-state index in [1.165, 1.54) is 25.7 Å². The van der Waals surface area contributed by atoms with Crippen molar-refractivity contribution in [3.63, 3.8) is 0 Å². The molecule has 1 fully saturated rings. The Kier molecular flexibility index (Phi) is 4.13. The maximum absolute atomic E-state index is 11.0. The lowest BCUT2D eigenvalue weighted by Gasteiger charge is -2.13. The maximum atomic E-state index is 11.0. The largest absolute Gasteiger partial charge is 0.478 e. The number of nitrogens with one attached hydrogen (secondary N) is 1. The van der Waals surface area contributed by atoms with Gasteiger partial charge in [-0.25, -0.2) is 4.79 Å². The van der Waals surface area contributed by atoms with Gasteiger partial charge in [0.2, 0.25) is 0 Å². The number of carboxylic acid groups (broad SMARTS) is 1.